The fourth-order valence-electron chi connectivity index (χ4n) is 4.54. The summed E-state index contributed by atoms with van der Waals surface area (Å²) in [6.07, 6.45) is -0.610. The molecule has 2 atom stereocenters. The molecule has 2 aromatic carbocycles. The molecule has 9 nitrogen and oxygen atoms in total. The normalized spacial score (nSPS) is 16.7. The monoisotopic (exact) mass is 537 g/mol. The molecule has 1 unspecified atom stereocenters. The molecule has 0 radical (unpaired) electrons. The summed E-state index contributed by atoms with van der Waals surface area (Å²) in [7, 11) is 0. The van der Waals surface area contributed by atoms with E-state index in [2.05, 4.69) is 5.32 Å². The van der Waals surface area contributed by atoms with Crippen molar-refractivity contribution in [2.75, 3.05) is 13.2 Å². The van der Waals surface area contributed by atoms with Gasteiger partial charge in [-0.25, -0.2) is 14.4 Å². The molecule has 0 saturated heterocycles. The molecule has 9 heteroatoms. The number of aliphatic hydroxyl groups is 1. The Morgan fingerprint density at radius 2 is 1.56 bits per heavy atom. The van der Waals surface area contributed by atoms with E-state index in [1.54, 1.807) is 44.4 Å². The lowest BCUT2D eigenvalue weighted by Crippen LogP contribution is -2.56. The number of carbonyl (C=O) groups is 3. The summed E-state index contributed by atoms with van der Waals surface area (Å²) < 4.78 is 10.8. The number of esters is 1. The molecule has 3 amide bonds. The molecule has 0 saturated carbocycles. The number of hydrogen-bond donors (Lipinski definition) is 2. The molecule has 0 bridgehead atoms. The first-order valence-corrected chi connectivity index (χ1v) is 13.2. The average Bonchev–Trinajstić information content (AvgIpc) is 2.88. The summed E-state index contributed by atoms with van der Waals surface area (Å²) in [5.74, 6) is -0.544. The molecule has 39 heavy (non-hydrogen) atoms. The van der Waals surface area contributed by atoms with Crippen LogP contribution in [0.2, 0.25) is 0 Å². The minimum absolute atomic E-state index is 0.0823. The van der Waals surface area contributed by atoms with Gasteiger partial charge in [-0.2, -0.15) is 0 Å². The quantitative estimate of drug-likeness (QED) is 0.429. The lowest BCUT2D eigenvalue weighted by molar-refractivity contribution is -0.139. The maximum absolute atomic E-state index is 14.1. The maximum Gasteiger partial charge on any atom is 0.407 e. The van der Waals surface area contributed by atoms with Crippen molar-refractivity contribution >= 4 is 18.1 Å². The van der Waals surface area contributed by atoms with Crippen LogP contribution in [0.4, 0.5) is 9.59 Å². The van der Waals surface area contributed by atoms with E-state index in [0.717, 1.165) is 11.1 Å². The second-order valence-electron chi connectivity index (χ2n) is 10.5. The number of nitrogens with zero attached hydrogens (tertiary/aromatic N) is 2. The van der Waals surface area contributed by atoms with Gasteiger partial charge in [0.1, 0.15) is 5.60 Å². The number of urea groups is 1. The molecule has 1 aliphatic heterocycles. The first-order valence-electron chi connectivity index (χ1n) is 13.2. The number of carbonyl (C=O) groups excluding carboxylic acids is 3. The number of ether oxygens (including phenoxy) is 2. The van der Waals surface area contributed by atoms with Gasteiger partial charge in [-0.1, -0.05) is 60.7 Å². The van der Waals surface area contributed by atoms with Crippen LogP contribution < -0.4 is 5.32 Å². The van der Waals surface area contributed by atoms with Gasteiger partial charge >= 0.3 is 18.1 Å². The Bertz CT molecular complexity index is 1160. The zero-order valence-corrected chi connectivity index (χ0v) is 23.3. The van der Waals surface area contributed by atoms with Crippen LogP contribution in [0, 0.1) is 0 Å². The summed E-state index contributed by atoms with van der Waals surface area (Å²) in [6.45, 7) is 8.92. The van der Waals surface area contributed by atoms with Crippen molar-refractivity contribution in [2.24, 2.45) is 0 Å². The lowest BCUT2D eigenvalue weighted by atomic mass is 9.93. The molecule has 1 aliphatic rings. The summed E-state index contributed by atoms with van der Waals surface area (Å²) in [5.41, 5.74) is 1.85. The highest BCUT2D eigenvalue weighted by Gasteiger charge is 2.42. The van der Waals surface area contributed by atoms with E-state index >= 15 is 0 Å². The fourth-order valence-corrected chi connectivity index (χ4v) is 4.54. The minimum Gasteiger partial charge on any atom is -0.463 e. The van der Waals surface area contributed by atoms with Crippen molar-refractivity contribution in [2.45, 2.75) is 71.8 Å². The van der Waals surface area contributed by atoms with Crippen LogP contribution in [-0.2, 0) is 27.4 Å². The molecule has 3 rings (SSSR count). The third kappa shape index (κ3) is 8.07. The highest BCUT2D eigenvalue weighted by atomic mass is 16.6. The van der Waals surface area contributed by atoms with Gasteiger partial charge in [0.15, 0.2) is 0 Å². The number of aliphatic hydroxyl groups excluding tert-OH is 1. The molecule has 0 spiro atoms. The third-order valence-corrected chi connectivity index (χ3v) is 6.30. The van der Waals surface area contributed by atoms with Crippen LogP contribution in [0.5, 0.6) is 0 Å². The van der Waals surface area contributed by atoms with Crippen LogP contribution >= 0.6 is 0 Å². The fraction of sp³-hybridized carbons (Fsp3) is 0.433. The van der Waals surface area contributed by atoms with E-state index in [1.165, 1.54) is 0 Å². The van der Waals surface area contributed by atoms with Crippen molar-refractivity contribution in [1.82, 2.24) is 15.1 Å². The van der Waals surface area contributed by atoms with Crippen molar-refractivity contribution in [1.29, 1.82) is 0 Å². The number of benzene rings is 2. The van der Waals surface area contributed by atoms with Crippen LogP contribution in [0.15, 0.2) is 71.9 Å². The molecular formula is C30H39N3O6. The second-order valence-corrected chi connectivity index (χ2v) is 10.5. The number of alkyl carbamates (subject to hydrolysis) is 1. The molecular weight excluding hydrogens is 498 g/mol. The predicted molar refractivity (Wildman–Crippen MR) is 147 cm³/mol. The van der Waals surface area contributed by atoms with Crippen molar-refractivity contribution in [3.05, 3.63) is 83.1 Å². The highest BCUT2D eigenvalue weighted by Crippen LogP contribution is 2.32. The zero-order valence-electron chi connectivity index (χ0n) is 23.3. The van der Waals surface area contributed by atoms with Gasteiger partial charge < -0.3 is 24.8 Å². The minimum atomic E-state index is -0.783. The van der Waals surface area contributed by atoms with Crippen molar-refractivity contribution < 1.29 is 29.0 Å². The van der Waals surface area contributed by atoms with E-state index in [-0.39, 0.29) is 32.1 Å². The molecule has 2 aromatic rings. The Balaban J connectivity index is 2.05. The van der Waals surface area contributed by atoms with E-state index in [1.807, 2.05) is 60.7 Å². The molecule has 210 valence electrons. The molecule has 1 heterocycles. The van der Waals surface area contributed by atoms with E-state index in [4.69, 9.17) is 9.47 Å². The van der Waals surface area contributed by atoms with Crippen LogP contribution in [-0.4, -0.2) is 63.9 Å². The standard InChI is InChI=1S/C30H39N3O6/c1-6-38-27(35)26-21(2)32(18-22-13-9-7-10-14-22)29(37)33(19-23-15-11-8-12-16-23)25(26)17-24(20-34)31-28(36)39-30(3,4)5/h7-16,24-25,34H,6,17-20H2,1-5H3,(H,31,36)/t24-,25?/m0/s1. The first-order chi connectivity index (χ1) is 18.5. The smallest absolute Gasteiger partial charge is 0.407 e. The molecule has 2 N–H and O–H groups in total. The van der Waals surface area contributed by atoms with Crippen LogP contribution in [0.25, 0.3) is 0 Å². The van der Waals surface area contributed by atoms with Crippen LogP contribution in [0.3, 0.4) is 0 Å². The molecule has 0 aliphatic carbocycles. The predicted octanol–water partition coefficient (Wildman–Crippen LogP) is 4.61. The first kappa shape index (κ1) is 29.7. The van der Waals surface area contributed by atoms with Crippen molar-refractivity contribution in [3.8, 4) is 0 Å². The van der Waals surface area contributed by atoms with Crippen molar-refractivity contribution in [3.63, 3.8) is 0 Å². The van der Waals surface area contributed by atoms with Crippen LogP contribution in [0.1, 0.15) is 52.2 Å². The number of rotatable bonds is 10. The lowest BCUT2D eigenvalue weighted by Gasteiger charge is -2.43. The molecule has 0 fully saturated rings. The van der Waals surface area contributed by atoms with Gasteiger partial charge in [-0.3, -0.25) is 4.90 Å². The highest BCUT2D eigenvalue weighted by molar-refractivity contribution is 5.94. The Hall–Kier alpha value is -3.85. The third-order valence-electron chi connectivity index (χ3n) is 6.30. The van der Waals surface area contributed by atoms with Gasteiger partial charge in [0.05, 0.1) is 37.4 Å². The van der Waals surface area contributed by atoms with E-state index in [0.29, 0.717) is 11.3 Å². The Morgan fingerprint density at radius 1 is 1.00 bits per heavy atom. The Morgan fingerprint density at radius 3 is 2.08 bits per heavy atom. The maximum atomic E-state index is 14.1. The van der Waals surface area contributed by atoms with E-state index < -0.39 is 36.4 Å². The molecule has 0 aromatic heterocycles. The number of nitrogens with one attached hydrogen (secondary N) is 1. The van der Waals surface area contributed by atoms with E-state index in [9.17, 15) is 19.5 Å². The zero-order chi connectivity index (χ0) is 28.6. The summed E-state index contributed by atoms with van der Waals surface area (Å²) in [5, 5.41) is 12.9. The number of amides is 3. The van der Waals surface area contributed by atoms with Gasteiger partial charge in [-0.15, -0.1) is 0 Å². The Kier molecular flexibility index (Phi) is 10.1. The number of hydrogen-bond acceptors (Lipinski definition) is 6. The van der Waals surface area contributed by atoms with Gasteiger partial charge in [0.2, 0.25) is 0 Å². The Labute approximate surface area is 230 Å². The summed E-state index contributed by atoms with van der Waals surface area (Å²) in [4.78, 5) is 43.1. The largest absolute Gasteiger partial charge is 0.463 e. The van der Waals surface area contributed by atoms with Gasteiger partial charge in [0, 0.05) is 12.2 Å². The number of allylic oxidation sites excluding steroid dienone is 1. The second kappa shape index (κ2) is 13.3. The van der Waals surface area contributed by atoms with Gasteiger partial charge in [-0.05, 0) is 52.2 Å². The summed E-state index contributed by atoms with van der Waals surface area (Å²) in [6, 6.07) is 17.2. The summed E-state index contributed by atoms with van der Waals surface area (Å²) >= 11 is 0. The topological polar surface area (TPSA) is 108 Å². The average molecular weight is 538 g/mol. The SMILES string of the molecule is CCOC(=O)C1=C(C)N(Cc2ccccc2)C(=O)N(Cc2ccccc2)C1C[C@@H](CO)NC(=O)OC(C)(C)C. The van der Waals surface area contributed by atoms with Gasteiger partial charge in [0.25, 0.3) is 0 Å².